The number of amides is 2. The molecular formula is C24H28BrN3O3S. The SMILES string of the molecule is Cc1cc(/C=C2\SC(=O)N(CC(C)C)C2=O)c(C)n1-c1ccc(N2CCOCC2)c(Br)c1. The first-order valence-electron chi connectivity index (χ1n) is 10.8. The van der Waals surface area contributed by atoms with E-state index in [0.29, 0.717) is 11.4 Å². The van der Waals surface area contributed by atoms with Crippen molar-refractivity contribution in [2.24, 2.45) is 5.92 Å². The number of rotatable bonds is 5. The molecule has 170 valence electrons. The normalized spacial score (nSPS) is 18.5. The van der Waals surface area contributed by atoms with Gasteiger partial charge in [-0.2, -0.15) is 0 Å². The fourth-order valence-corrected chi connectivity index (χ4v) is 5.65. The maximum atomic E-state index is 12.8. The second kappa shape index (κ2) is 9.45. The molecule has 0 atom stereocenters. The van der Waals surface area contributed by atoms with Gasteiger partial charge >= 0.3 is 0 Å². The zero-order valence-electron chi connectivity index (χ0n) is 18.9. The Labute approximate surface area is 201 Å². The maximum absolute atomic E-state index is 12.8. The summed E-state index contributed by atoms with van der Waals surface area (Å²) in [7, 11) is 0. The van der Waals surface area contributed by atoms with Crippen LogP contribution in [0.4, 0.5) is 10.5 Å². The highest BCUT2D eigenvalue weighted by Gasteiger charge is 2.35. The molecule has 32 heavy (non-hydrogen) atoms. The van der Waals surface area contributed by atoms with Crippen LogP contribution in [0.2, 0.25) is 0 Å². The van der Waals surface area contributed by atoms with Crippen molar-refractivity contribution in [2.75, 3.05) is 37.7 Å². The number of halogens is 1. The largest absolute Gasteiger partial charge is 0.378 e. The van der Waals surface area contributed by atoms with E-state index >= 15 is 0 Å². The Morgan fingerprint density at radius 2 is 1.88 bits per heavy atom. The number of aryl methyl sites for hydroxylation is 1. The first-order chi connectivity index (χ1) is 15.3. The van der Waals surface area contributed by atoms with Crippen molar-refractivity contribution in [1.82, 2.24) is 9.47 Å². The van der Waals surface area contributed by atoms with Gasteiger partial charge in [-0.3, -0.25) is 14.5 Å². The van der Waals surface area contributed by atoms with Crippen LogP contribution < -0.4 is 4.90 Å². The summed E-state index contributed by atoms with van der Waals surface area (Å²) < 4.78 is 8.69. The molecule has 0 N–H and O–H groups in total. The quantitative estimate of drug-likeness (QED) is 0.498. The van der Waals surface area contributed by atoms with Crippen molar-refractivity contribution in [3.63, 3.8) is 0 Å². The number of aromatic nitrogens is 1. The fraction of sp³-hybridized carbons (Fsp3) is 0.417. The number of anilines is 1. The highest BCUT2D eigenvalue weighted by molar-refractivity contribution is 9.10. The van der Waals surface area contributed by atoms with Crippen molar-refractivity contribution in [2.45, 2.75) is 27.7 Å². The van der Waals surface area contributed by atoms with Gasteiger partial charge in [-0.25, -0.2) is 0 Å². The number of ether oxygens (including phenoxy) is 1. The van der Waals surface area contributed by atoms with Crippen LogP contribution in [0, 0.1) is 19.8 Å². The van der Waals surface area contributed by atoms with Gasteiger partial charge in [0.1, 0.15) is 0 Å². The summed E-state index contributed by atoms with van der Waals surface area (Å²) in [5, 5.41) is -0.189. The van der Waals surface area contributed by atoms with Crippen LogP contribution in [0.3, 0.4) is 0 Å². The predicted octanol–water partition coefficient (Wildman–Crippen LogP) is 5.39. The number of nitrogens with zero attached hydrogens (tertiary/aromatic N) is 3. The van der Waals surface area contributed by atoms with E-state index in [9.17, 15) is 9.59 Å². The molecule has 6 nitrogen and oxygen atoms in total. The highest BCUT2D eigenvalue weighted by atomic mass is 79.9. The minimum Gasteiger partial charge on any atom is -0.378 e. The molecule has 0 aliphatic carbocycles. The number of morpholine rings is 1. The van der Waals surface area contributed by atoms with Crippen LogP contribution in [-0.4, -0.2) is 53.5 Å². The Bertz CT molecular complexity index is 1090. The molecule has 8 heteroatoms. The van der Waals surface area contributed by atoms with E-state index < -0.39 is 0 Å². The Hall–Kier alpha value is -2.03. The molecule has 2 aromatic rings. The monoisotopic (exact) mass is 517 g/mol. The summed E-state index contributed by atoms with van der Waals surface area (Å²) >= 11 is 4.77. The molecule has 0 saturated carbocycles. The average molecular weight is 518 g/mol. The van der Waals surface area contributed by atoms with E-state index in [4.69, 9.17) is 4.74 Å². The molecule has 0 unspecified atom stereocenters. The van der Waals surface area contributed by atoms with Gasteiger partial charge in [0.05, 0.1) is 23.8 Å². The van der Waals surface area contributed by atoms with E-state index in [1.54, 1.807) is 0 Å². The summed E-state index contributed by atoms with van der Waals surface area (Å²) in [4.78, 5) is 29.2. The molecule has 2 saturated heterocycles. The van der Waals surface area contributed by atoms with Crippen LogP contribution in [-0.2, 0) is 9.53 Å². The Morgan fingerprint density at radius 3 is 2.53 bits per heavy atom. The third-order valence-electron chi connectivity index (χ3n) is 5.72. The molecule has 2 aliphatic heterocycles. The minimum atomic E-state index is -0.198. The van der Waals surface area contributed by atoms with Gasteiger partial charge in [0.2, 0.25) is 0 Å². The second-order valence-corrected chi connectivity index (χ2v) is 10.4. The van der Waals surface area contributed by atoms with Crippen LogP contribution in [0.25, 0.3) is 11.8 Å². The van der Waals surface area contributed by atoms with Crippen molar-refractivity contribution >= 4 is 50.6 Å². The lowest BCUT2D eigenvalue weighted by Crippen LogP contribution is -2.36. The Kier molecular flexibility index (Phi) is 6.83. The van der Waals surface area contributed by atoms with Gasteiger partial charge in [0, 0.05) is 41.2 Å². The number of benzene rings is 1. The first-order valence-corrected chi connectivity index (χ1v) is 12.4. The number of carbonyl (C=O) groups excluding carboxylic acids is 2. The standard InChI is InChI=1S/C24H28BrN3O3S/c1-15(2)14-27-23(29)22(32-24(27)30)12-18-11-16(3)28(17(18)4)19-5-6-21(20(25)13-19)26-7-9-31-10-8-26/h5-6,11-13,15H,7-10,14H2,1-4H3/b22-12-. The fourth-order valence-electron chi connectivity index (χ4n) is 4.19. The van der Waals surface area contributed by atoms with Crippen molar-refractivity contribution in [3.8, 4) is 5.69 Å². The third-order valence-corrected chi connectivity index (χ3v) is 7.26. The van der Waals surface area contributed by atoms with Crippen molar-refractivity contribution in [3.05, 3.63) is 50.6 Å². The van der Waals surface area contributed by atoms with Crippen molar-refractivity contribution in [1.29, 1.82) is 0 Å². The van der Waals surface area contributed by atoms with Crippen LogP contribution in [0.1, 0.15) is 30.8 Å². The minimum absolute atomic E-state index is 0.189. The van der Waals surface area contributed by atoms with E-state index in [1.807, 2.05) is 26.8 Å². The molecule has 0 bridgehead atoms. The van der Waals surface area contributed by atoms with Crippen LogP contribution in [0.15, 0.2) is 33.6 Å². The highest BCUT2D eigenvalue weighted by Crippen LogP contribution is 2.35. The smallest absolute Gasteiger partial charge is 0.293 e. The molecule has 4 rings (SSSR count). The molecular weight excluding hydrogens is 490 g/mol. The third kappa shape index (κ3) is 4.54. The molecule has 0 radical (unpaired) electrons. The van der Waals surface area contributed by atoms with E-state index in [0.717, 1.165) is 65.2 Å². The number of hydrogen-bond acceptors (Lipinski definition) is 5. The second-order valence-electron chi connectivity index (χ2n) is 8.58. The molecule has 1 aromatic carbocycles. The number of hydrogen-bond donors (Lipinski definition) is 0. The zero-order valence-corrected chi connectivity index (χ0v) is 21.3. The van der Waals surface area contributed by atoms with Crippen LogP contribution in [0.5, 0.6) is 0 Å². The number of thioether (sulfide) groups is 1. The Balaban J connectivity index is 1.63. The summed E-state index contributed by atoms with van der Waals surface area (Å²) in [6, 6.07) is 8.46. The number of carbonyl (C=O) groups is 2. The summed E-state index contributed by atoms with van der Waals surface area (Å²) in [5.41, 5.74) is 5.27. The van der Waals surface area contributed by atoms with Gasteiger partial charge in [-0.15, -0.1) is 0 Å². The van der Waals surface area contributed by atoms with E-state index in [1.165, 1.54) is 10.6 Å². The van der Waals surface area contributed by atoms with Gasteiger partial charge in [-0.05, 0) is 83.4 Å². The molecule has 1 aromatic heterocycles. The molecule has 0 spiro atoms. The summed E-state index contributed by atoms with van der Waals surface area (Å²) in [6.07, 6.45) is 1.85. The lowest BCUT2D eigenvalue weighted by molar-refractivity contribution is -0.123. The van der Waals surface area contributed by atoms with Gasteiger partial charge in [-0.1, -0.05) is 13.8 Å². The van der Waals surface area contributed by atoms with Gasteiger partial charge in [0.25, 0.3) is 11.1 Å². The summed E-state index contributed by atoms with van der Waals surface area (Å²) in [6.45, 7) is 11.8. The topological polar surface area (TPSA) is 54.8 Å². The molecule has 2 amide bonds. The van der Waals surface area contributed by atoms with Crippen LogP contribution >= 0.6 is 27.7 Å². The molecule has 3 heterocycles. The molecule has 2 fully saturated rings. The zero-order chi connectivity index (χ0) is 23.0. The van der Waals surface area contributed by atoms with E-state index in [-0.39, 0.29) is 17.1 Å². The first kappa shape index (κ1) is 23.1. The van der Waals surface area contributed by atoms with Crippen molar-refractivity contribution < 1.29 is 14.3 Å². The average Bonchev–Trinajstić information content (AvgIpc) is 3.17. The Morgan fingerprint density at radius 1 is 1.16 bits per heavy atom. The van der Waals surface area contributed by atoms with Gasteiger partial charge < -0.3 is 14.2 Å². The lowest BCUT2D eigenvalue weighted by atomic mass is 10.2. The summed E-state index contributed by atoms with van der Waals surface area (Å²) in [5.74, 6) is 0.0444. The maximum Gasteiger partial charge on any atom is 0.293 e. The predicted molar refractivity (Wildman–Crippen MR) is 133 cm³/mol. The lowest BCUT2D eigenvalue weighted by Gasteiger charge is -2.30. The van der Waals surface area contributed by atoms with Gasteiger partial charge in [0.15, 0.2) is 0 Å². The molecule has 2 aliphatic rings. The number of imide groups is 1. The van der Waals surface area contributed by atoms with E-state index in [2.05, 4.69) is 56.6 Å².